The minimum Gasteiger partial charge on any atom is -0.398 e. The number of nitro benzene ring substituents is 1. The van der Waals surface area contributed by atoms with Gasteiger partial charge in [-0.1, -0.05) is 0 Å². The van der Waals surface area contributed by atoms with Crippen molar-refractivity contribution < 1.29 is 4.92 Å². The minimum absolute atomic E-state index is 0.0110. The first-order chi connectivity index (χ1) is 6.07. The van der Waals surface area contributed by atoms with Crippen LogP contribution in [0.1, 0.15) is 11.1 Å². The van der Waals surface area contributed by atoms with E-state index < -0.39 is 4.92 Å². The second-order valence-electron chi connectivity index (χ2n) is 2.61. The Morgan fingerprint density at radius 3 is 2.69 bits per heavy atom. The Labute approximate surface area is 74.8 Å². The normalized spacial score (nSPS) is 9.62. The van der Waals surface area contributed by atoms with Crippen LogP contribution in [0.25, 0.3) is 0 Å². The molecule has 0 radical (unpaired) electrons. The van der Waals surface area contributed by atoms with Crippen molar-refractivity contribution in [2.75, 3.05) is 5.73 Å². The quantitative estimate of drug-likeness (QED) is 0.311. The van der Waals surface area contributed by atoms with Gasteiger partial charge in [0, 0.05) is 17.8 Å². The lowest BCUT2D eigenvalue weighted by molar-refractivity contribution is -0.385. The average Bonchev–Trinajstić information content (AvgIpc) is 2.09. The number of rotatable bonds is 2. The van der Waals surface area contributed by atoms with Gasteiger partial charge in [0.1, 0.15) is 0 Å². The van der Waals surface area contributed by atoms with Crippen molar-refractivity contribution in [1.82, 2.24) is 0 Å². The van der Waals surface area contributed by atoms with E-state index in [1.54, 1.807) is 6.92 Å². The van der Waals surface area contributed by atoms with Crippen LogP contribution in [-0.2, 0) is 0 Å². The Kier molecular flexibility index (Phi) is 2.27. The summed E-state index contributed by atoms with van der Waals surface area (Å²) in [5.74, 6) is 0. The van der Waals surface area contributed by atoms with Crippen LogP contribution in [0.2, 0.25) is 0 Å². The fourth-order valence-electron chi connectivity index (χ4n) is 1.06. The van der Waals surface area contributed by atoms with E-state index in [0.717, 1.165) is 6.21 Å². The number of nitrogens with one attached hydrogen (secondary N) is 1. The summed E-state index contributed by atoms with van der Waals surface area (Å²) in [5.41, 5.74) is 6.77. The fraction of sp³-hybridized carbons (Fsp3) is 0.125. The van der Waals surface area contributed by atoms with Crippen molar-refractivity contribution in [3.8, 4) is 0 Å². The van der Waals surface area contributed by atoms with Crippen LogP contribution < -0.4 is 5.73 Å². The SMILES string of the molecule is Cc1c([N+](=O)[O-])ccc(C=N)c1N. The molecule has 0 aliphatic rings. The third-order valence-corrected chi connectivity index (χ3v) is 1.87. The molecule has 0 aliphatic heterocycles. The molecule has 0 saturated carbocycles. The maximum atomic E-state index is 10.5. The summed E-state index contributed by atoms with van der Waals surface area (Å²) in [7, 11) is 0. The van der Waals surface area contributed by atoms with E-state index >= 15 is 0 Å². The van der Waals surface area contributed by atoms with Crippen LogP contribution in [0.15, 0.2) is 12.1 Å². The molecule has 0 unspecified atom stereocenters. The van der Waals surface area contributed by atoms with Gasteiger partial charge in [0.2, 0.25) is 0 Å². The largest absolute Gasteiger partial charge is 0.398 e. The topological polar surface area (TPSA) is 93.0 Å². The predicted molar refractivity (Wildman–Crippen MR) is 50.1 cm³/mol. The van der Waals surface area contributed by atoms with E-state index in [-0.39, 0.29) is 5.69 Å². The second kappa shape index (κ2) is 3.22. The molecule has 0 bridgehead atoms. The molecule has 3 N–H and O–H groups in total. The van der Waals surface area contributed by atoms with Crippen molar-refractivity contribution in [2.45, 2.75) is 6.92 Å². The smallest absolute Gasteiger partial charge is 0.274 e. The fourth-order valence-corrected chi connectivity index (χ4v) is 1.06. The summed E-state index contributed by atoms with van der Waals surface area (Å²) in [6, 6.07) is 2.82. The van der Waals surface area contributed by atoms with Gasteiger partial charge in [-0.25, -0.2) is 0 Å². The molecule has 0 fully saturated rings. The molecule has 0 aliphatic carbocycles. The highest BCUT2D eigenvalue weighted by Crippen LogP contribution is 2.25. The summed E-state index contributed by atoms with van der Waals surface area (Å²) in [6.07, 6.45) is 1.08. The predicted octanol–water partition coefficient (Wildman–Crippen LogP) is 1.48. The molecule has 0 amide bonds. The molecule has 5 heteroatoms. The number of hydrogen-bond donors (Lipinski definition) is 2. The molecule has 68 valence electrons. The van der Waals surface area contributed by atoms with Crippen molar-refractivity contribution in [1.29, 1.82) is 5.41 Å². The highest BCUT2D eigenvalue weighted by Gasteiger charge is 2.13. The highest BCUT2D eigenvalue weighted by atomic mass is 16.6. The summed E-state index contributed by atoms with van der Waals surface area (Å²) in [4.78, 5) is 9.98. The number of nitrogens with zero attached hydrogens (tertiary/aromatic N) is 1. The number of hydrogen-bond acceptors (Lipinski definition) is 4. The Morgan fingerprint density at radius 1 is 1.62 bits per heavy atom. The third kappa shape index (κ3) is 1.48. The van der Waals surface area contributed by atoms with Gasteiger partial charge < -0.3 is 11.1 Å². The second-order valence-corrected chi connectivity index (χ2v) is 2.61. The Hall–Kier alpha value is -1.91. The monoisotopic (exact) mass is 179 g/mol. The van der Waals surface area contributed by atoms with Crippen LogP contribution in [-0.4, -0.2) is 11.1 Å². The number of nitrogens with two attached hydrogens (primary N) is 1. The Morgan fingerprint density at radius 2 is 2.23 bits per heavy atom. The number of nitrogen functional groups attached to an aromatic ring is 1. The van der Waals surface area contributed by atoms with Crippen molar-refractivity contribution in [3.63, 3.8) is 0 Å². The molecule has 0 heterocycles. The van der Waals surface area contributed by atoms with Crippen molar-refractivity contribution in [3.05, 3.63) is 33.4 Å². The maximum absolute atomic E-state index is 10.5. The maximum Gasteiger partial charge on any atom is 0.274 e. The average molecular weight is 179 g/mol. The zero-order valence-corrected chi connectivity index (χ0v) is 7.07. The zero-order chi connectivity index (χ0) is 10.0. The molecule has 13 heavy (non-hydrogen) atoms. The van der Waals surface area contributed by atoms with Gasteiger partial charge in [-0.3, -0.25) is 10.1 Å². The van der Waals surface area contributed by atoms with Gasteiger partial charge in [-0.15, -0.1) is 0 Å². The molecule has 1 aromatic rings. The zero-order valence-electron chi connectivity index (χ0n) is 7.07. The van der Waals surface area contributed by atoms with Crippen LogP contribution in [0.5, 0.6) is 0 Å². The molecule has 1 aromatic carbocycles. The van der Waals surface area contributed by atoms with E-state index in [1.165, 1.54) is 12.1 Å². The van der Waals surface area contributed by atoms with Crippen LogP contribution in [0, 0.1) is 22.4 Å². The van der Waals surface area contributed by atoms with E-state index in [9.17, 15) is 10.1 Å². The van der Waals surface area contributed by atoms with Gasteiger partial charge in [0.05, 0.1) is 16.2 Å². The summed E-state index contributed by atoms with van der Waals surface area (Å²) in [5, 5.41) is 17.5. The Balaban J connectivity index is 3.39. The molecule has 1 rings (SSSR count). The van der Waals surface area contributed by atoms with Crippen molar-refractivity contribution >= 4 is 17.6 Å². The number of anilines is 1. The molecule has 0 aromatic heterocycles. The first-order valence-electron chi connectivity index (χ1n) is 3.62. The lowest BCUT2D eigenvalue weighted by Crippen LogP contribution is -2.00. The van der Waals surface area contributed by atoms with E-state index in [4.69, 9.17) is 11.1 Å². The summed E-state index contributed by atoms with van der Waals surface area (Å²) >= 11 is 0. The molecular weight excluding hydrogens is 170 g/mol. The van der Waals surface area contributed by atoms with E-state index in [0.29, 0.717) is 16.8 Å². The van der Waals surface area contributed by atoms with Gasteiger partial charge in [-0.05, 0) is 13.0 Å². The molecule has 0 spiro atoms. The first-order valence-corrected chi connectivity index (χ1v) is 3.62. The summed E-state index contributed by atoms with van der Waals surface area (Å²) in [6.45, 7) is 1.57. The van der Waals surface area contributed by atoms with Crippen LogP contribution in [0.4, 0.5) is 11.4 Å². The summed E-state index contributed by atoms with van der Waals surface area (Å²) < 4.78 is 0. The van der Waals surface area contributed by atoms with Gasteiger partial charge in [0.15, 0.2) is 0 Å². The van der Waals surface area contributed by atoms with Crippen molar-refractivity contribution in [2.24, 2.45) is 0 Å². The molecule has 0 saturated heterocycles. The van der Waals surface area contributed by atoms with Crippen LogP contribution in [0.3, 0.4) is 0 Å². The lowest BCUT2D eigenvalue weighted by atomic mass is 10.1. The number of benzene rings is 1. The highest BCUT2D eigenvalue weighted by molar-refractivity contribution is 5.87. The van der Waals surface area contributed by atoms with Gasteiger partial charge >= 0.3 is 0 Å². The molecule has 0 atom stereocenters. The molecular formula is C8H9N3O2. The van der Waals surface area contributed by atoms with E-state index in [2.05, 4.69) is 0 Å². The van der Waals surface area contributed by atoms with E-state index in [1.807, 2.05) is 0 Å². The lowest BCUT2D eigenvalue weighted by Gasteiger charge is -2.03. The number of nitro groups is 1. The minimum atomic E-state index is -0.487. The molecule has 5 nitrogen and oxygen atoms in total. The van der Waals surface area contributed by atoms with Gasteiger partial charge in [0.25, 0.3) is 5.69 Å². The first kappa shape index (κ1) is 9.18. The van der Waals surface area contributed by atoms with Gasteiger partial charge in [-0.2, -0.15) is 0 Å². The third-order valence-electron chi connectivity index (χ3n) is 1.87. The Bertz CT molecular complexity index is 374. The van der Waals surface area contributed by atoms with Crippen LogP contribution >= 0.6 is 0 Å². The standard InChI is InChI=1S/C8H9N3O2/c1-5-7(11(12)13)3-2-6(4-9)8(5)10/h2-4,9H,10H2,1H3.